The van der Waals surface area contributed by atoms with Gasteiger partial charge in [-0.1, -0.05) is 0 Å². The first-order valence-electron chi connectivity index (χ1n) is 6.04. The Balaban J connectivity index is 2.38. The van der Waals surface area contributed by atoms with E-state index in [1.54, 1.807) is 4.90 Å². The number of benzene rings is 1. The topological polar surface area (TPSA) is 72.4 Å². The van der Waals surface area contributed by atoms with Gasteiger partial charge in [0.1, 0.15) is 5.69 Å². The monoisotopic (exact) mass is 271 g/mol. The SMILES string of the molecule is CC1CC(CN)CN1c1c(F)cc([N+](=O)[O-])cc1F. The van der Waals surface area contributed by atoms with Crippen molar-refractivity contribution in [3.8, 4) is 0 Å². The highest BCUT2D eigenvalue weighted by Gasteiger charge is 2.32. The second kappa shape index (κ2) is 5.08. The van der Waals surface area contributed by atoms with E-state index in [4.69, 9.17) is 5.73 Å². The summed E-state index contributed by atoms with van der Waals surface area (Å²) in [6.45, 7) is 2.77. The standard InChI is InChI=1S/C12H15F2N3O2/c1-7-2-8(5-15)6-16(7)12-10(13)3-9(17(18)19)4-11(12)14/h3-4,7-8H,2,5-6,15H2,1H3. The van der Waals surface area contributed by atoms with E-state index in [9.17, 15) is 18.9 Å². The van der Waals surface area contributed by atoms with E-state index in [0.717, 1.165) is 18.6 Å². The van der Waals surface area contributed by atoms with E-state index in [1.165, 1.54) is 0 Å². The van der Waals surface area contributed by atoms with Gasteiger partial charge in [-0.2, -0.15) is 0 Å². The molecule has 5 nitrogen and oxygen atoms in total. The number of nitrogens with zero attached hydrogens (tertiary/aromatic N) is 2. The fourth-order valence-electron chi connectivity index (χ4n) is 2.56. The van der Waals surface area contributed by atoms with E-state index >= 15 is 0 Å². The van der Waals surface area contributed by atoms with Crippen molar-refractivity contribution < 1.29 is 13.7 Å². The van der Waals surface area contributed by atoms with Crippen molar-refractivity contribution in [2.75, 3.05) is 18.0 Å². The van der Waals surface area contributed by atoms with Crippen molar-refractivity contribution >= 4 is 11.4 Å². The number of halogens is 2. The molecule has 2 rings (SSSR count). The van der Waals surface area contributed by atoms with Gasteiger partial charge in [-0.15, -0.1) is 0 Å². The fraction of sp³-hybridized carbons (Fsp3) is 0.500. The Labute approximate surface area is 109 Å². The summed E-state index contributed by atoms with van der Waals surface area (Å²) in [5.74, 6) is -1.63. The van der Waals surface area contributed by atoms with Crippen LogP contribution in [0.5, 0.6) is 0 Å². The molecule has 2 atom stereocenters. The first-order valence-corrected chi connectivity index (χ1v) is 6.04. The number of hydrogen-bond donors (Lipinski definition) is 1. The second-order valence-corrected chi connectivity index (χ2v) is 4.85. The van der Waals surface area contributed by atoms with Crippen LogP contribution in [0.2, 0.25) is 0 Å². The molecular formula is C12H15F2N3O2. The smallest absolute Gasteiger partial charge is 0.275 e. The van der Waals surface area contributed by atoms with Gasteiger partial charge in [-0.3, -0.25) is 10.1 Å². The van der Waals surface area contributed by atoms with Gasteiger partial charge < -0.3 is 10.6 Å². The molecule has 1 fully saturated rings. The van der Waals surface area contributed by atoms with Crippen molar-refractivity contribution in [3.05, 3.63) is 33.9 Å². The van der Waals surface area contributed by atoms with E-state index in [-0.39, 0.29) is 17.6 Å². The van der Waals surface area contributed by atoms with Crippen LogP contribution in [0.4, 0.5) is 20.2 Å². The Morgan fingerprint density at radius 2 is 2.05 bits per heavy atom. The van der Waals surface area contributed by atoms with Crippen LogP contribution in [-0.4, -0.2) is 24.1 Å². The molecule has 1 aliphatic rings. The summed E-state index contributed by atoms with van der Waals surface area (Å²) in [6, 6.07) is 1.46. The van der Waals surface area contributed by atoms with Crippen LogP contribution < -0.4 is 10.6 Å². The molecule has 1 aliphatic heterocycles. The summed E-state index contributed by atoms with van der Waals surface area (Å²) >= 11 is 0. The van der Waals surface area contributed by atoms with Crippen LogP contribution in [0.15, 0.2) is 12.1 Å². The minimum absolute atomic E-state index is 0.0426. The molecule has 0 radical (unpaired) electrons. The van der Waals surface area contributed by atoms with Gasteiger partial charge in [-0.25, -0.2) is 8.78 Å². The number of hydrogen-bond acceptors (Lipinski definition) is 4. The quantitative estimate of drug-likeness (QED) is 0.674. The molecule has 1 aromatic rings. The maximum Gasteiger partial charge on any atom is 0.275 e. The average Bonchev–Trinajstić information content (AvgIpc) is 2.70. The van der Waals surface area contributed by atoms with Gasteiger partial charge in [-0.05, 0) is 25.8 Å². The Morgan fingerprint density at radius 3 is 2.47 bits per heavy atom. The van der Waals surface area contributed by atoms with Crippen LogP contribution in [-0.2, 0) is 0 Å². The summed E-state index contributed by atoms with van der Waals surface area (Å²) < 4.78 is 27.8. The first-order chi connectivity index (χ1) is 8.93. The van der Waals surface area contributed by atoms with Crippen LogP contribution in [0.1, 0.15) is 13.3 Å². The molecule has 1 heterocycles. The van der Waals surface area contributed by atoms with Crippen molar-refractivity contribution in [2.45, 2.75) is 19.4 Å². The molecule has 0 bridgehead atoms. The number of rotatable bonds is 3. The minimum Gasteiger partial charge on any atom is -0.364 e. The number of nitro groups is 1. The molecule has 19 heavy (non-hydrogen) atoms. The van der Waals surface area contributed by atoms with Crippen molar-refractivity contribution in [2.24, 2.45) is 11.7 Å². The summed E-state index contributed by atoms with van der Waals surface area (Å²) in [6.07, 6.45) is 0.756. The summed E-state index contributed by atoms with van der Waals surface area (Å²) in [4.78, 5) is 11.3. The zero-order valence-electron chi connectivity index (χ0n) is 10.5. The zero-order chi connectivity index (χ0) is 14.2. The lowest BCUT2D eigenvalue weighted by Crippen LogP contribution is -2.29. The third-order valence-corrected chi connectivity index (χ3v) is 3.49. The van der Waals surface area contributed by atoms with E-state index in [0.29, 0.717) is 13.1 Å². The molecule has 104 valence electrons. The molecule has 0 saturated carbocycles. The predicted octanol–water partition coefficient (Wildman–Crippen LogP) is 2.05. The molecule has 0 amide bonds. The number of non-ortho nitro benzene ring substituents is 1. The maximum atomic E-state index is 13.9. The zero-order valence-corrected chi connectivity index (χ0v) is 10.5. The Bertz CT molecular complexity index is 487. The van der Waals surface area contributed by atoms with Gasteiger partial charge in [0.15, 0.2) is 11.6 Å². The molecule has 1 aromatic carbocycles. The second-order valence-electron chi connectivity index (χ2n) is 4.85. The average molecular weight is 271 g/mol. The molecule has 1 saturated heterocycles. The summed E-state index contributed by atoms with van der Waals surface area (Å²) in [7, 11) is 0. The predicted molar refractivity (Wildman–Crippen MR) is 67.0 cm³/mol. The lowest BCUT2D eigenvalue weighted by Gasteiger charge is -2.24. The van der Waals surface area contributed by atoms with Crippen LogP contribution in [0, 0.1) is 27.7 Å². The molecule has 0 aromatic heterocycles. The molecular weight excluding hydrogens is 256 g/mol. The molecule has 2 N–H and O–H groups in total. The maximum absolute atomic E-state index is 13.9. The normalized spacial score (nSPS) is 22.8. The Morgan fingerprint density at radius 1 is 1.47 bits per heavy atom. The van der Waals surface area contributed by atoms with Crippen molar-refractivity contribution in [3.63, 3.8) is 0 Å². The number of nitrogens with two attached hydrogens (primary N) is 1. The molecule has 0 spiro atoms. The van der Waals surface area contributed by atoms with Crippen LogP contribution in [0.25, 0.3) is 0 Å². The Hall–Kier alpha value is -1.76. The van der Waals surface area contributed by atoms with Crippen LogP contribution >= 0.6 is 0 Å². The largest absolute Gasteiger partial charge is 0.364 e. The van der Waals surface area contributed by atoms with Gasteiger partial charge in [0, 0.05) is 12.6 Å². The Kier molecular flexibility index (Phi) is 3.66. The summed E-state index contributed by atoms with van der Waals surface area (Å²) in [5, 5.41) is 10.5. The van der Waals surface area contributed by atoms with Gasteiger partial charge in [0.2, 0.25) is 0 Å². The minimum atomic E-state index is -0.906. The van der Waals surface area contributed by atoms with E-state index < -0.39 is 22.2 Å². The van der Waals surface area contributed by atoms with Gasteiger partial charge in [0.05, 0.1) is 17.1 Å². The van der Waals surface area contributed by atoms with E-state index in [2.05, 4.69) is 0 Å². The molecule has 2 unspecified atom stereocenters. The highest BCUT2D eigenvalue weighted by Crippen LogP contribution is 2.34. The third kappa shape index (κ3) is 2.51. The van der Waals surface area contributed by atoms with Gasteiger partial charge >= 0.3 is 0 Å². The van der Waals surface area contributed by atoms with Crippen molar-refractivity contribution in [1.29, 1.82) is 0 Å². The molecule has 7 heteroatoms. The highest BCUT2D eigenvalue weighted by atomic mass is 19.1. The van der Waals surface area contributed by atoms with Crippen molar-refractivity contribution in [1.82, 2.24) is 0 Å². The molecule has 0 aliphatic carbocycles. The number of nitro benzene ring substituents is 1. The van der Waals surface area contributed by atoms with E-state index in [1.807, 2.05) is 6.92 Å². The lowest BCUT2D eigenvalue weighted by molar-refractivity contribution is -0.385. The first kappa shape index (κ1) is 13.7. The fourth-order valence-corrected chi connectivity index (χ4v) is 2.56. The highest BCUT2D eigenvalue weighted by molar-refractivity contribution is 5.55. The lowest BCUT2D eigenvalue weighted by atomic mass is 10.1. The van der Waals surface area contributed by atoms with Crippen LogP contribution in [0.3, 0.4) is 0 Å². The number of anilines is 1. The summed E-state index contributed by atoms with van der Waals surface area (Å²) in [5.41, 5.74) is 4.79. The third-order valence-electron chi connectivity index (χ3n) is 3.49. The van der Waals surface area contributed by atoms with Gasteiger partial charge in [0.25, 0.3) is 5.69 Å².